The van der Waals surface area contributed by atoms with Crippen LogP contribution in [0.25, 0.3) is 0 Å². The highest BCUT2D eigenvalue weighted by molar-refractivity contribution is 5.65. The minimum absolute atomic E-state index is 0.179. The molecule has 94 valence electrons. The molecule has 0 fully saturated rings. The lowest BCUT2D eigenvalue weighted by molar-refractivity contribution is -0.0453. The number of amides is 1. The fourth-order valence-corrected chi connectivity index (χ4v) is 1.31. The van der Waals surface area contributed by atoms with Crippen molar-refractivity contribution >= 4 is 6.09 Å². The molecule has 0 aliphatic rings. The maximum absolute atomic E-state index is 11.0. The summed E-state index contributed by atoms with van der Waals surface area (Å²) in [5, 5.41) is 9.11. The molecule has 0 aromatic heterocycles. The first kappa shape index (κ1) is 13.5. The molecule has 5 heteroatoms. The summed E-state index contributed by atoms with van der Waals surface area (Å²) in [6.45, 7) is 1.80. The zero-order chi connectivity index (χ0) is 12.5. The van der Waals surface area contributed by atoms with Crippen molar-refractivity contribution in [3.8, 4) is 0 Å². The zero-order valence-electron chi connectivity index (χ0n) is 9.76. The number of aliphatic hydroxyl groups excluding tert-OH is 1. The second-order valence-electron chi connectivity index (χ2n) is 3.43. The van der Waals surface area contributed by atoms with Crippen molar-refractivity contribution in [1.82, 2.24) is 5.48 Å². The number of carbonyl (C=O) groups excluding carboxylic acids is 1. The Labute approximate surface area is 100 Å². The summed E-state index contributed by atoms with van der Waals surface area (Å²) in [5.74, 6) is 0. The van der Waals surface area contributed by atoms with Gasteiger partial charge in [-0.15, -0.1) is 0 Å². The van der Waals surface area contributed by atoms with Gasteiger partial charge in [-0.2, -0.15) is 5.48 Å². The summed E-state index contributed by atoms with van der Waals surface area (Å²) in [5.41, 5.74) is 3.16. The van der Waals surface area contributed by atoms with E-state index in [2.05, 4.69) is 10.2 Å². The van der Waals surface area contributed by atoms with Crippen LogP contribution in [0, 0.1) is 0 Å². The van der Waals surface area contributed by atoms with Crippen molar-refractivity contribution in [3.63, 3.8) is 0 Å². The molecule has 1 atom stereocenters. The number of nitrogens with one attached hydrogen (secondary N) is 1. The largest absolute Gasteiger partial charge is 0.448 e. The second-order valence-corrected chi connectivity index (χ2v) is 3.43. The molecule has 0 saturated carbocycles. The van der Waals surface area contributed by atoms with Crippen LogP contribution in [0.4, 0.5) is 4.79 Å². The Bertz CT molecular complexity index is 329. The first-order valence-electron chi connectivity index (χ1n) is 5.49. The maximum atomic E-state index is 11.0. The Morgan fingerprint density at radius 2 is 2.12 bits per heavy atom. The Morgan fingerprint density at radius 3 is 2.71 bits per heavy atom. The number of benzene rings is 1. The van der Waals surface area contributed by atoms with Gasteiger partial charge in [0.2, 0.25) is 0 Å². The Hall–Kier alpha value is -1.59. The molecule has 0 spiro atoms. The molecule has 2 N–H and O–H groups in total. The van der Waals surface area contributed by atoms with E-state index in [-0.39, 0.29) is 13.2 Å². The summed E-state index contributed by atoms with van der Waals surface area (Å²) in [6, 6.07) is 9.58. The van der Waals surface area contributed by atoms with Crippen molar-refractivity contribution < 1.29 is 19.5 Å². The molecular weight excluding hydrogens is 222 g/mol. The lowest BCUT2D eigenvalue weighted by Gasteiger charge is -2.15. The van der Waals surface area contributed by atoms with E-state index >= 15 is 0 Å². The molecule has 1 amide bonds. The van der Waals surface area contributed by atoms with Gasteiger partial charge in [-0.05, 0) is 12.5 Å². The van der Waals surface area contributed by atoms with Crippen molar-refractivity contribution in [2.45, 2.75) is 19.4 Å². The van der Waals surface area contributed by atoms with Crippen molar-refractivity contribution in [2.75, 3.05) is 13.2 Å². The number of ether oxygens (including phenoxy) is 1. The molecule has 5 nitrogen and oxygen atoms in total. The van der Waals surface area contributed by atoms with E-state index in [4.69, 9.17) is 9.94 Å². The summed E-state index contributed by atoms with van der Waals surface area (Å²) < 4.78 is 4.63. The summed E-state index contributed by atoms with van der Waals surface area (Å²) >= 11 is 0. The first-order valence-corrected chi connectivity index (χ1v) is 5.49. The van der Waals surface area contributed by atoms with Gasteiger partial charge in [-0.25, -0.2) is 4.79 Å². The molecule has 0 aliphatic heterocycles. The van der Waals surface area contributed by atoms with Crippen LogP contribution in [0.15, 0.2) is 30.3 Å². The van der Waals surface area contributed by atoms with E-state index < -0.39 is 12.2 Å². The van der Waals surface area contributed by atoms with Gasteiger partial charge in [0, 0.05) is 6.42 Å². The smallest absolute Gasteiger partial charge is 0.431 e. The maximum Gasteiger partial charge on any atom is 0.431 e. The number of rotatable bonds is 6. The highest BCUT2D eigenvalue weighted by Gasteiger charge is 2.11. The van der Waals surface area contributed by atoms with Crippen LogP contribution >= 0.6 is 0 Å². The SMILES string of the molecule is CCOC(=O)NOC(CO)Cc1ccccc1. The predicted molar refractivity (Wildman–Crippen MR) is 62.3 cm³/mol. The van der Waals surface area contributed by atoms with Gasteiger partial charge in [0.25, 0.3) is 0 Å². The average molecular weight is 239 g/mol. The second kappa shape index (κ2) is 7.65. The minimum Gasteiger partial charge on any atom is -0.448 e. The summed E-state index contributed by atoms with van der Waals surface area (Å²) in [6.07, 6.45) is -0.621. The van der Waals surface area contributed by atoms with Gasteiger partial charge >= 0.3 is 6.09 Å². The number of hydroxylamine groups is 1. The fraction of sp³-hybridized carbons (Fsp3) is 0.417. The normalized spacial score (nSPS) is 11.9. The van der Waals surface area contributed by atoms with Crippen molar-refractivity contribution in [2.24, 2.45) is 0 Å². The fourth-order valence-electron chi connectivity index (χ4n) is 1.31. The topological polar surface area (TPSA) is 67.8 Å². The van der Waals surface area contributed by atoms with Crippen LogP contribution in [-0.2, 0) is 16.0 Å². The highest BCUT2D eigenvalue weighted by Crippen LogP contribution is 2.04. The Morgan fingerprint density at radius 1 is 1.41 bits per heavy atom. The van der Waals surface area contributed by atoms with Gasteiger partial charge in [0.1, 0.15) is 6.10 Å². The summed E-state index contributed by atoms with van der Waals surface area (Å²) in [7, 11) is 0. The first-order chi connectivity index (χ1) is 8.26. The van der Waals surface area contributed by atoms with E-state index in [1.54, 1.807) is 6.92 Å². The molecule has 1 unspecified atom stereocenters. The van der Waals surface area contributed by atoms with E-state index in [0.717, 1.165) is 5.56 Å². The van der Waals surface area contributed by atoms with Gasteiger partial charge in [-0.1, -0.05) is 30.3 Å². The molecule has 0 radical (unpaired) electrons. The Kier molecular flexibility index (Phi) is 6.06. The van der Waals surface area contributed by atoms with E-state index in [1.165, 1.54) is 0 Å². The third kappa shape index (κ3) is 5.33. The van der Waals surface area contributed by atoms with Gasteiger partial charge in [-0.3, -0.25) is 4.84 Å². The number of aliphatic hydroxyl groups is 1. The molecule has 0 saturated heterocycles. The van der Waals surface area contributed by atoms with Crippen LogP contribution in [0.1, 0.15) is 12.5 Å². The third-order valence-corrected chi connectivity index (χ3v) is 2.09. The molecule has 1 aromatic rings. The van der Waals surface area contributed by atoms with Gasteiger partial charge in [0.05, 0.1) is 13.2 Å². The lowest BCUT2D eigenvalue weighted by atomic mass is 10.1. The van der Waals surface area contributed by atoms with Crippen LogP contribution in [0.5, 0.6) is 0 Å². The lowest BCUT2D eigenvalue weighted by Crippen LogP contribution is -2.33. The minimum atomic E-state index is -0.654. The van der Waals surface area contributed by atoms with E-state index in [0.29, 0.717) is 6.42 Å². The average Bonchev–Trinajstić information content (AvgIpc) is 2.36. The highest BCUT2D eigenvalue weighted by atomic mass is 16.7. The van der Waals surface area contributed by atoms with Crippen molar-refractivity contribution in [1.29, 1.82) is 0 Å². The van der Waals surface area contributed by atoms with Crippen molar-refractivity contribution in [3.05, 3.63) is 35.9 Å². The van der Waals surface area contributed by atoms with Crippen LogP contribution < -0.4 is 5.48 Å². The quantitative estimate of drug-likeness (QED) is 0.733. The van der Waals surface area contributed by atoms with Crippen LogP contribution in [0.2, 0.25) is 0 Å². The molecule has 1 aromatic carbocycles. The zero-order valence-corrected chi connectivity index (χ0v) is 9.76. The number of hydrogen-bond acceptors (Lipinski definition) is 4. The molecule has 0 heterocycles. The van der Waals surface area contributed by atoms with Gasteiger partial charge < -0.3 is 9.84 Å². The van der Waals surface area contributed by atoms with Crippen LogP contribution in [0.3, 0.4) is 0 Å². The molecule has 17 heavy (non-hydrogen) atoms. The monoisotopic (exact) mass is 239 g/mol. The standard InChI is InChI=1S/C12H17NO4/c1-2-16-12(15)13-17-11(9-14)8-10-6-4-3-5-7-10/h3-7,11,14H,2,8-9H2,1H3,(H,13,15). The number of hydrogen-bond donors (Lipinski definition) is 2. The number of carbonyl (C=O) groups is 1. The van der Waals surface area contributed by atoms with Crippen LogP contribution in [-0.4, -0.2) is 30.5 Å². The molecule has 1 rings (SSSR count). The predicted octanol–water partition coefficient (Wildman–Crippen LogP) is 1.27. The Balaban J connectivity index is 2.36. The molecule has 0 bridgehead atoms. The molecular formula is C12H17NO4. The molecule has 0 aliphatic carbocycles. The third-order valence-electron chi connectivity index (χ3n) is 2.09. The van der Waals surface area contributed by atoms with E-state index in [9.17, 15) is 4.79 Å². The summed E-state index contributed by atoms with van der Waals surface area (Å²) in [4.78, 5) is 16.0. The van der Waals surface area contributed by atoms with E-state index in [1.807, 2.05) is 30.3 Å². The van der Waals surface area contributed by atoms with Gasteiger partial charge in [0.15, 0.2) is 0 Å².